The van der Waals surface area contributed by atoms with E-state index in [4.69, 9.17) is 0 Å². The standard InChI is InChI=1S/C27H43NO5S/c29-25(20-9-11-21(12-10-20)26(30)27(31)15-2-16-27)19-7-5-18(6-8-19)22-3-1-4-23(17-22)28-34(32,33)24-13-14-24/h18-24,28,31H,1-17H2. The van der Waals surface area contributed by atoms with Gasteiger partial charge < -0.3 is 5.11 Å². The number of aliphatic hydroxyl groups is 1. The van der Waals surface area contributed by atoms with E-state index >= 15 is 0 Å². The number of Topliss-reactive ketones (excluding diaryl/α,β-unsaturated/α-hetero) is 2. The first-order chi connectivity index (χ1) is 16.2. The summed E-state index contributed by atoms with van der Waals surface area (Å²) in [6.07, 6.45) is 15.2. The number of nitrogens with one attached hydrogen (secondary N) is 1. The van der Waals surface area contributed by atoms with Gasteiger partial charge in [0.15, 0.2) is 5.78 Å². The molecule has 0 bridgehead atoms. The normalized spacial score (nSPS) is 38.6. The maximum Gasteiger partial charge on any atom is 0.214 e. The second-order valence-corrected chi connectivity index (χ2v) is 14.3. The molecular weight excluding hydrogens is 450 g/mol. The van der Waals surface area contributed by atoms with Crippen molar-refractivity contribution in [2.45, 2.75) is 126 Å². The van der Waals surface area contributed by atoms with Crippen LogP contribution in [0.2, 0.25) is 0 Å². The lowest BCUT2D eigenvalue weighted by Crippen LogP contribution is -2.49. The van der Waals surface area contributed by atoms with Gasteiger partial charge in [0, 0.05) is 23.8 Å². The molecule has 0 amide bonds. The Kier molecular flexibility index (Phi) is 7.27. The minimum atomic E-state index is -3.12. The zero-order valence-corrected chi connectivity index (χ0v) is 21.4. The third-order valence-corrected chi connectivity index (χ3v) is 12.0. The van der Waals surface area contributed by atoms with Crippen LogP contribution in [0.25, 0.3) is 0 Å². The van der Waals surface area contributed by atoms with Gasteiger partial charge in [0.05, 0.1) is 5.25 Å². The highest BCUT2D eigenvalue weighted by Gasteiger charge is 2.46. The van der Waals surface area contributed by atoms with Gasteiger partial charge >= 0.3 is 0 Å². The van der Waals surface area contributed by atoms with Crippen LogP contribution >= 0.6 is 0 Å². The van der Waals surface area contributed by atoms with Crippen LogP contribution in [0.3, 0.4) is 0 Å². The molecule has 0 aromatic heterocycles. The molecule has 0 radical (unpaired) electrons. The van der Waals surface area contributed by atoms with E-state index in [1.807, 2.05) is 0 Å². The maximum atomic E-state index is 13.2. The highest BCUT2D eigenvalue weighted by molar-refractivity contribution is 7.90. The lowest BCUT2D eigenvalue weighted by Gasteiger charge is -2.40. The quantitative estimate of drug-likeness (QED) is 0.525. The molecule has 0 aromatic carbocycles. The predicted octanol–water partition coefficient (Wildman–Crippen LogP) is 4.29. The van der Waals surface area contributed by atoms with E-state index in [1.54, 1.807) is 0 Å². The smallest absolute Gasteiger partial charge is 0.214 e. The van der Waals surface area contributed by atoms with Gasteiger partial charge in [-0.05, 0) is 108 Å². The zero-order valence-electron chi connectivity index (χ0n) is 20.6. The van der Waals surface area contributed by atoms with Crippen molar-refractivity contribution in [3.63, 3.8) is 0 Å². The summed E-state index contributed by atoms with van der Waals surface area (Å²) in [5, 5.41) is 10.2. The molecule has 0 aliphatic heterocycles. The summed E-state index contributed by atoms with van der Waals surface area (Å²) >= 11 is 0. The summed E-state index contributed by atoms with van der Waals surface area (Å²) in [6, 6.07) is 0.0968. The van der Waals surface area contributed by atoms with Crippen molar-refractivity contribution in [3.05, 3.63) is 0 Å². The van der Waals surface area contributed by atoms with Gasteiger partial charge in [-0.3, -0.25) is 9.59 Å². The topological polar surface area (TPSA) is 101 Å². The van der Waals surface area contributed by atoms with Crippen molar-refractivity contribution in [2.75, 3.05) is 0 Å². The van der Waals surface area contributed by atoms with Crippen molar-refractivity contribution in [1.29, 1.82) is 0 Å². The third-order valence-electron chi connectivity index (χ3n) is 9.99. The zero-order chi connectivity index (χ0) is 23.9. The largest absolute Gasteiger partial charge is 0.382 e. The molecular formula is C27H43NO5S. The van der Waals surface area contributed by atoms with Crippen LogP contribution in [0.4, 0.5) is 0 Å². The second kappa shape index (κ2) is 9.93. The van der Waals surface area contributed by atoms with Crippen LogP contribution < -0.4 is 4.72 Å². The first-order valence-electron chi connectivity index (χ1n) is 14.1. The van der Waals surface area contributed by atoms with Crippen molar-refractivity contribution < 1.29 is 23.1 Å². The molecule has 5 saturated carbocycles. The van der Waals surface area contributed by atoms with Gasteiger partial charge in [0.2, 0.25) is 10.0 Å². The maximum absolute atomic E-state index is 13.2. The molecule has 7 heteroatoms. The predicted molar refractivity (Wildman–Crippen MR) is 131 cm³/mol. The Labute approximate surface area is 205 Å². The van der Waals surface area contributed by atoms with Crippen molar-refractivity contribution in [3.8, 4) is 0 Å². The summed E-state index contributed by atoms with van der Waals surface area (Å²) in [7, 11) is -3.12. The Morgan fingerprint density at radius 3 is 1.85 bits per heavy atom. The van der Waals surface area contributed by atoms with Crippen molar-refractivity contribution in [2.24, 2.45) is 29.6 Å². The number of hydrogen-bond acceptors (Lipinski definition) is 5. The molecule has 5 aliphatic rings. The highest BCUT2D eigenvalue weighted by Crippen LogP contribution is 2.44. The average Bonchev–Trinajstić information content (AvgIpc) is 3.68. The summed E-state index contributed by atoms with van der Waals surface area (Å²) in [6.45, 7) is 0. The number of sulfonamides is 1. The van der Waals surface area contributed by atoms with E-state index in [0.717, 1.165) is 89.9 Å². The van der Waals surface area contributed by atoms with E-state index in [9.17, 15) is 23.1 Å². The summed E-state index contributed by atoms with van der Waals surface area (Å²) in [4.78, 5) is 25.9. The van der Waals surface area contributed by atoms with Crippen LogP contribution in [-0.4, -0.2) is 42.0 Å². The third kappa shape index (κ3) is 5.31. The van der Waals surface area contributed by atoms with Gasteiger partial charge in [-0.15, -0.1) is 0 Å². The Bertz CT molecular complexity index is 861. The summed E-state index contributed by atoms with van der Waals surface area (Å²) in [5.74, 6) is 1.86. The fourth-order valence-electron chi connectivity index (χ4n) is 7.46. The molecule has 2 atom stereocenters. The lowest BCUT2D eigenvalue weighted by molar-refractivity contribution is -0.152. The first kappa shape index (κ1) is 24.9. The van der Waals surface area contributed by atoms with Crippen LogP contribution in [0.1, 0.15) is 109 Å². The Morgan fingerprint density at radius 2 is 1.29 bits per heavy atom. The lowest BCUT2D eigenvalue weighted by atomic mass is 9.66. The average molecular weight is 494 g/mol. The number of hydrogen-bond donors (Lipinski definition) is 2. The molecule has 0 saturated heterocycles. The van der Waals surface area contributed by atoms with Gasteiger partial charge in [-0.1, -0.05) is 12.8 Å². The monoisotopic (exact) mass is 493 g/mol. The molecule has 0 heterocycles. The fraction of sp³-hybridized carbons (Fsp3) is 0.926. The molecule has 0 aromatic rings. The Morgan fingerprint density at radius 1 is 0.706 bits per heavy atom. The minimum absolute atomic E-state index is 0.0374. The molecule has 5 aliphatic carbocycles. The van der Waals surface area contributed by atoms with Crippen LogP contribution in [0.5, 0.6) is 0 Å². The van der Waals surface area contributed by atoms with E-state index in [2.05, 4.69) is 4.72 Å². The van der Waals surface area contributed by atoms with Crippen LogP contribution in [0, 0.1) is 29.6 Å². The summed E-state index contributed by atoms with van der Waals surface area (Å²) < 4.78 is 27.7. The van der Waals surface area contributed by atoms with Crippen molar-refractivity contribution in [1.82, 2.24) is 4.72 Å². The highest BCUT2D eigenvalue weighted by atomic mass is 32.2. The second-order valence-electron chi connectivity index (χ2n) is 12.3. The number of carbonyl (C=O) groups is 2. The molecule has 0 spiro atoms. The van der Waals surface area contributed by atoms with E-state index in [1.165, 1.54) is 6.42 Å². The minimum Gasteiger partial charge on any atom is -0.382 e. The molecule has 2 N–H and O–H groups in total. The number of carbonyl (C=O) groups excluding carboxylic acids is 2. The Hall–Kier alpha value is -0.790. The summed E-state index contributed by atoms with van der Waals surface area (Å²) in [5.41, 5.74) is -1.06. The molecule has 192 valence electrons. The Balaban J connectivity index is 1.06. The molecule has 5 fully saturated rings. The molecule has 34 heavy (non-hydrogen) atoms. The number of ketones is 2. The van der Waals surface area contributed by atoms with Gasteiger partial charge in [0.25, 0.3) is 0 Å². The van der Waals surface area contributed by atoms with Gasteiger partial charge in [0.1, 0.15) is 11.4 Å². The molecule has 6 nitrogen and oxygen atoms in total. The van der Waals surface area contributed by atoms with Crippen LogP contribution in [-0.2, 0) is 19.6 Å². The van der Waals surface area contributed by atoms with Crippen LogP contribution in [0.15, 0.2) is 0 Å². The fourth-order valence-corrected chi connectivity index (χ4v) is 9.08. The number of rotatable bonds is 8. The SMILES string of the molecule is O=C(C1CCC(C(=O)C2(O)CCC2)CC1)C1CCC(C2CCCC(NS(=O)(=O)C3CC3)C2)CC1. The van der Waals surface area contributed by atoms with Gasteiger partial charge in [-0.2, -0.15) is 0 Å². The van der Waals surface area contributed by atoms with E-state index in [-0.39, 0.29) is 34.8 Å². The van der Waals surface area contributed by atoms with Crippen molar-refractivity contribution >= 4 is 21.6 Å². The molecule has 2 unspecified atom stereocenters. The molecule has 5 rings (SSSR count). The van der Waals surface area contributed by atoms with Gasteiger partial charge in [-0.25, -0.2) is 13.1 Å². The van der Waals surface area contributed by atoms with E-state index in [0.29, 0.717) is 30.5 Å². The first-order valence-corrected chi connectivity index (χ1v) is 15.6. The van der Waals surface area contributed by atoms with E-state index < -0.39 is 15.6 Å².